The maximum Gasteiger partial charge on any atom is 0.364 e. The third-order valence-electron chi connectivity index (χ3n) is 7.49. The Morgan fingerprint density at radius 1 is 0.980 bits per heavy atom. The molecule has 7 atom stereocenters. The van der Waals surface area contributed by atoms with Crippen LogP contribution in [0.2, 0.25) is 0 Å². The molecule has 0 saturated carbocycles. The number of azide groups is 1. The minimum Gasteiger partial charge on any atom is -0.477 e. The number of carboxylic acid groups (broad SMARTS) is 1. The number of benzene rings is 2. The molecule has 1 amide bonds. The first kappa shape index (κ1) is 39.1. The number of carbonyl (C=O) groups excluding carboxylic acids is 4. The van der Waals surface area contributed by atoms with Crippen LogP contribution in [0.4, 0.5) is 5.69 Å². The number of rotatable bonds is 15. The Balaban J connectivity index is 2.24. The van der Waals surface area contributed by atoms with E-state index in [0.717, 1.165) is 19.6 Å². The summed E-state index contributed by atoms with van der Waals surface area (Å²) in [6.07, 6.45) is -6.15. The van der Waals surface area contributed by atoms with Gasteiger partial charge in [-0.15, -0.1) is 0 Å². The molecule has 1 aliphatic rings. The summed E-state index contributed by atoms with van der Waals surface area (Å²) in [5.74, 6) is -8.17. The zero-order chi connectivity index (χ0) is 37.0. The first-order valence-electron chi connectivity index (χ1n) is 15.7. The van der Waals surface area contributed by atoms with Crippen molar-refractivity contribution in [3.8, 4) is 0 Å². The molecule has 0 spiro atoms. The van der Waals surface area contributed by atoms with E-state index in [2.05, 4.69) is 20.3 Å². The SMILES string of the molecule is CC(=O)OC[C@@H](C)[C@@H](OC(C)=O)C1OC(OC(c2ccccc2)c2ccc(N=C(C)C)cc2)(C(=O)O)CC(OC(C)=O)C1NC(=O)CN=[N+]=[N-]. The van der Waals surface area contributed by atoms with Crippen molar-refractivity contribution in [2.45, 2.75) is 84.2 Å². The van der Waals surface area contributed by atoms with Gasteiger partial charge in [0.25, 0.3) is 5.79 Å². The fraction of sp³-hybridized carbons (Fsp3) is 0.471. The first-order chi connectivity index (χ1) is 23.6. The van der Waals surface area contributed by atoms with Crippen LogP contribution in [0, 0.1) is 5.92 Å². The zero-order valence-corrected chi connectivity index (χ0v) is 28.6. The van der Waals surface area contributed by atoms with E-state index in [1.165, 1.54) is 6.92 Å². The molecular formula is C34H41N5O11. The smallest absolute Gasteiger partial charge is 0.364 e. The molecular weight excluding hydrogens is 654 g/mol. The van der Waals surface area contributed by atoms with Gasteiger partial charge in [-0.3, -0.25) is 24.2 Å². The van der Waals surface area contributed by atoms with Crippen LogP contribution in [0.1, 0.15) is 65.2 Å². The number of aliphatic imine (C=N–C) groups is 1. The number of carboxylic acids is 1. The molecule has 3 rings (SSSR count). The van der Waals surface area contributed by atoms with Gasteiger partial charge >= 0.3 is 23.9 Å². The topological polar surface area (TPSA) is 225 Å². The monoisotopic (exact) mass is 695 g/mol. The summed E-state index contributed by atoms with van der Waals surface area (Å²) in [7, 11) is 0. The fourth-order valence-electron chi connectivity index (χ4n) is 5.48. The van der Waals surface area contributed by atoms with Crippen LogP contribution in [0.15, 0.2) is 64.7 Å². The van der Waals surface area contributed by atoms with Gasteiger partial charge in [-0.2, -0.15) is 0 Å². The standard InChI is InChI=1S/C34H41N5O11/c1-19(2)37-26-14-12-25(13-15-26)31(24-10-8-7-9-11-24)49-34(33(44)45)16-27(47-22(5)41)29(38-28(43)17-36-39-35)32(50-34)30(48-23(6)42)20(3)18-46-21(4)40/h7-15,20,27,29-32H,16-18H2,1-6H3,(H,38,43)(H,44,45)/t20-,27?,29?,30-,31?,32?,34?/m1/s1. The average Bonchev–Trinajstić information content (AvgIpc) is 3.05. The van der Waals surface area contributed by atoms with Crippen molar-refractivity contribution in [2.24, 2.45) is 16.0 Å². The van der Waals surface area contributed by atoms with E-state index < -0.39 is 84.9 Å². The molecule has 0 bridgehead atoms. The zero-order valence-electron chi connectivity index (χ0n) is 28.6. The lowest BCUT2D eigenvalue weighted by Crippen LogP contribution is -2.68. The van der Waals surface area contributed by atoms with Crippen molar-refractivity contribution in [3.05, 3.63) is 76.2 Å². The lowest BCUT2D eigenvalue weighted by atomic mass is 9.85. The van der Waals surface area contributed by atoms with E-state index >= 15 is 0 Å². The number of esters is 3. The highest BCUT2D eigenvalue weighted by atomic mass is 16.7. The van der Waals surface area contributed by atoms with Gasteiger partial charge in [-0.1, -0.05) is 54.5 Å². The molecule has 0 aromatic heterocycles. The number of ether oxygens (including phenoxy) is 5. The fourth-order valence-corrected chi connectivity index (χ4v) is 5.48. The molecule has 2 N–H and O–H groups in total. The van der Waals surface area contributed by atoms with Gasteiger partial charge in [0.15, 0.2) is 0 Å². The molecule has 1 fully saturated rings. The van der Waals surface area contributed by atoms with E-state index in [-0.39, 0.29) is 6.61 Å². The second-order valence-corrected chi connectivity index (χ2v) is 11.9. The Hall–Kier alpha value is -5.31. The van der Waals surface area contributed by atoms with Crippen LogP contribution in [0.25, 0.3) is 10.4 Å². The second-order valence-electron chi connectivity index (χ2n) is 11.9. The summed E-state index contributed by atoms with van der Waals surface area (Å²) in [5, 5.41) is 16.7. The van der Waals surface area contributed by atoms with Crippen LogP contribution < -0.4 is 5.32 Å². The predicted octanol–water partition coefficient (Wildman–Crippen LogP) is 4.33. The minimum absolute atomic E-state index is 0.301. The molecule has 5 unspecified atom stereocenters. The lowest BCUT2D eigenvalue weighted by molar-refractivity contribution is -0.320. The van der Waals surface area contributed by atoms with Crippen molar-refractivity contribution in [1.29, 1.82) is 0 Å². The quantitative estimate of drug-likeness (QED) is 0.0666. The Morgan fingerprint density at radius 3 is 2.16 bits per heavy atom. The molecule has 1 saturated heterocycles. The van der Waals surface area contributed by atoms with Gasteiger partial charge in [0.1, 0.15) is 31.0 Å². The van der Waals surface area contributed by atoms with Crippen LogP contribution in [-0.4, -0.2) is 83.9 Å². The number of carbonyl (C=O) groups is 5. The Bertz CT molecular complexity index is 1610. The highest BCUT2D eigenvalue weighted by Crippen LogP contribution is 2.41. The number of hydrogen-bond acceptors (Lipinski definition) is 12. The highest BCUT2D eigenvalue weighted by molar-refractivity contribution is 5.82. The van der Waals surface area contributed by atoms with Gasteiger partial charge in [-0.25, -0.2) is 4.79 Å². The van der Waals surface area contributed by atoms with Crippen molar-refractivity contribution < 1.29 is 52.8 Å². The van der Waals surface area contributed by atoms with Gasteiger partial charge in [0.05, 0.1) is 24.8 Å². The van der Waals surface area contributed by atoms with Crippen LogP contribution >= 0.6 is 0 Å². The third-order valence-corrected chi connectivity index (χ3v) is 7.49. The summed E-state index contributed by atoms with van der Waals surface area (Å²) in [5.41, 5.74) is 11.3. The minimum atomic E-state index is -2.59. The third kappa shape index (κ3) is 10.9. The van der Waals surface area contributed by atoms with Crippen LogP contribution in [0.3, 0.4) is 0 Å². The van der Waals surface area contributed by atoms with E-state index in [9.17, 15) is 29.1 Å². The maximum atomic E-state index is 13.4. The summed E-state index contributed by atoms with van der Waals surface area (Å²) in [4.78, 5) is 69.9. The number of nitrogens with zero attached hydrogens (tertiary/aromatic N) is 4. The molecule has 16 nitrogen and oxygen atoms in total. The molecule has 16 heteroatoms. The second kappa shape index (κ2) is 17.9. The van der Waals surface area contributed by atoms with E-state index in [1.807, 2.05) is 13.8 Å². The van der Waals surface area contributed by atoms with Gasteiger partial charge in [-0.05, 0) is 42.6 Å². The summed E-state index contributed by atoms with van der Waals surface area (Å²) in [6, 6.07) is 14.3. The number of nitrogens with one attached hydrogen (secondary N) is 1. The summed E-state index contributed by atoms with van der Waals surface area (Å²) in [6.45, 7) is 7.65. The molecule has 2 aromatic carbocycles. The molecule has 2 aromatic rings. The van der Waals surface area contributed by atoms with Crippen LogP contribution in [-0.2, 0) is 47.7 Å². The lowest BCUT2D eigenvalue weighted by Gasteiger charge is -2.49. The average molecular weight is 696 g/mol. The first-order valence-corrected chi connectivity index (χ1v) is 15.7. The largest absolute Gasteiger partial charge is 0.477 e. The summed E-state index contributed by atoms with van der Waals surface area (Å²) < 4.78 is 29.2. The van der Waals surface area contributed by atoms with Crippen molar-refractivity contribution in [1.82, 2.24) is 5.32 Å². The molecule has 268 valence electrons. The van der Waals surface area contributed by atoms with E-state index in [0.29, 0.717) is 16.8 Å². The Kier molecular flexibility index (Phi) is 14.0. The van der Waals surface area contributed by atoms with Crippen molar-refractivity contribution in [2.75, 3.05) is 13.2 Å². The van der Waals surface area contributed by atoms with Gasteiger partial charge < -0.3 is 34.1 Å². The maximum absolute atomic E-state index is 13.4. The predicted molar refractivity (Wildman–Crippen MR) is 177 cm³/mol. The van der Waals surface area contributed by atoms with Crippen molar-refractivity contribution >= 4 is 41.2 Å². The molecule has 1 heterocycles. The molecule has 1 aliphatic heterocycles. The van der Waals surface area contributed by atoms with Crippen molar-refractivity contribution in [3.63, 3.8) is 0 Å². The molecule has 0 aliphatic carbocycles. The number of amides is 1. The Morgan fingerprint density at radius 2 is 1.62 bits per heavy atom. The van der Waals surface area contributed by atoms with E-state index in [4.69, 9.17) is 29.2 Å². The van der Waals surface area contributed by atoms with Crippen LogP contribution in [0.5, 0.6) is 0 Å². The number of aliphatic carboxylic acids is 1. The van der Waals surface area contributed by atoms with Gasteiger partial charge in [0, 0.05) is 37.3 Å². The highest BCUT2D eigenvalue weighted by Gasteiger charge is 2.59. The summed E-state index contributed by atoms with van der Waals surface area (Å²) >= 11 is 0. The number of hydrogen-bond donors (Lipinski definition) is 2. The Labute approximate surface area is 288 Å². The molecule has 0 radical (unpaired) electrons. The van der Waals surface area contributed by atoms with E-state index in [1.54, 1.807) is 61.5 Å². The normalized spacial score (nSPS) is 21.6. The van der Waals surface area contributed by atoms with Gasteiger partial charge in [0.2, 0.25) is 5.91 Å². The molecule has 50 heavy (non-hydrogen) atoms.